The molecule has 1 aromatic heterocycles. The summed E-state index contributed by atoms with van der Waals surface area (Å²) in [7, 11) is 0.997. The summed E-state index contributed by atoms with van der Waals surface area (Å²) in [6.45, 7) is 0. The molecule has 0 aliphatic rings. The number of nitrogens with zero attached hydrogens (tertiary/aromatic N) is 2. The molecular formula is C8H5F3N2O6. The van der Waals surface area contributed by atoms with Crippen molar-refractivity contribution in [2.45, 2.75) is 6.36 Å². The van der Waals surface area contributed by atoms with Gasteiger partial charge in [0.2, 0.25) is 5.88 Å². The highest BCUT2D eigenvalue weighted by atomic mass is 19.4. The molecule has 0 saturated heterocycles. The molecule has 19 heavy (non-hydrogen) atoms. The predicted octanol–water partition coefficient (Wildman–Crippen LogP) is 1.60. The van der Waals surface area contributed by atoms with Crippen LogP contribution in [0, 0.1) is 10.1 Å². The second-order valence-electron chi connectivity index (χ2n) is 2.98. The number of pyridine rings is 1. The van der Waals surface area contributed by atoms with E-state index in [4.69, 9.17) is 5.11 Å². The minimum Gasteiger partial charge on any atom is -0.481 e. The predicted molar refractivity (Wildman–Crippen MR) is 51.1 cm³/mol. The standard InChI is InChI=1S/C8H5F3N2O6/c1-18-4-2-3(7(14)15)5(13(16)17)6(12-4)19-8(9,10)11/h2H,1H3,(H,14,15). The molecule has 1 aromatic rings. The first-order valence-corrected chi connectivity index (χ1v) is 4.38. The van der Waals surface area contributed by atoms with Crippen molar-refractivity contribution in [3.05, 3.63) is 21.7 Å². The number of methoxy groups -OCH3 is 1. The van der Waals surface area contributed by atoms with Crippen LogP contribution in [0.1, 0.15) is 10.4 Å². The van der Waals surface area contributed by atoms with Crippen LogP contribution >= 0.6 is 0 Å². The van der Waals surface area contributed by atoms with Gasteiger partial charge in [-0.15, -0.1) is 13.2 Å². The number of carbonyl (C=O) groups is 1. The van der Waals surface area contributed by atoms with Gasteiger partial charge in [-0.3, -0.25) is 10.1 Å². The molecule has 0 bridgehead atoms. The van der Waals surface area contributed by atoms with Crippen LogP contribution in [0.25, 0.3) is 0 Å². The van der Waals surface area contributed by atoms with E-state index in [1.165, 1.54) is 0 Å². The molecule has 0 aliphatic carbocycles. The number of alkyl halides is 3. The van der Waals surface area contributed by atoms with E-state index >= 15 is 0 Å². The first-order chi connectivity index (χ1) is 8.65. The van der Waals surface area contributed by atoms with Gasteiger partial charge in [-0.2, -0.15) is 4.98 Å². The van der Waals surface area contributed by atoms with Crippen LogP contribution in [0.15, 0.2) is 6.07 Å². The Morgan fingerprint density at radius 1 is 1.53 bits per heavy atom. The Morgan fingerprint density at radius 3 is 2.47 bits per heavy atom. The van der Waals surface area contributed by atoms with Gasteiger partial charge < -0.3 is 14.6 Å². The van der Waals surface area contributed by atoms with E-state index < -0.39 is 40.3 Å². The van der Waals surface area contributed by atoms with E-state index in [0.29, 0.717) is 6.07 Å². The minimum absolute atomic E-state index is 0.567. The number of rotatable bonds is 4. The van der Waals surface area contributed by atoms with Gasteiger partial charge in [0.1, 0.15) is 5.56 Å². The number of carboxylic acid groups (broad SMARTS) is 1. The average Bonchev–Trinajstić information content (AvgIpc) is 2.24. The summed E-state index contributed by atoms with van der Waals surface area (Å²) >= 11 is 0. The van der Waals surface area contributed by atoms with Gasteiger partial charge in [0, 0.05) is 6.07 Å². The van der Waals surface area contributed by atoms with Gasteiger partial charge in [0.25, 0.3) is 0 Å². The number of aromatic nitrogens is 1. The summed E-state index contributed by atoms with van der Waals surface area (Å²) in [5.41, 5.74) is -2.44. The number of ether oxygens (including phenoxy) is 2. The van der Waals surface area contributed by atoms with Crippen molar-refractivity contribution < 1.29 is 37.5 Å². The van der Waals surface area contributed by atoms with Crippen molar-refractivity contribution in [1.29, 1.82) is 0 Å². The molecule has 0 spiro atoms. The van der Waals surface area contributed by atoms with Crippen molar-refractivity contribution in [2.24, 2.45) is 0 Å². The van der Waals surface area contributed by atoms with Crippen LogP contribution in [0.5, 0.6) is 11.8 Å². The summed E-state index contributed by atoms with van der Waals surface area (Å²) < 4.78 is 44.0. The summed E-state index contributed by atoms with van der Waals surface area (Å²) in [4.78, 5) is 23.2. The van der Waals surface area contributed by atoms with Crippen LogP contribution in [0.3, 0.4) is 0 Å². The minimum atomic E-state index is -5.26. The fraction of sp³-hybridized carbons (Fsp3) is 0.250. The lowest BCUT2D eigenvalue weighted by atomic mass is 10.2. The van der Waals surface area contributed by atoms with E-state index in [0.717, 1.165) is 7.11 Å². The van der Waals surface area contributed by atoms with Gasteiger partial charge >= 0.3 is 23.9 Å². The average molecular weight is 282 g/mol. The van der Waals surface area contributed by atoms with Gasteiger partial charge in [0.15, 0.2) is 0 Å². The highest BCUT2D eigenvalue weighted by molar-refractivity contribution is 5.93. The lowest BCUT2D eigenvalue weighted by molar-refractivity contribution is -0.389. The van der Waals surface area contributed by atoms with Crippen LogP contribution in [0.2, 0.25) is 0 Å². The van der Waals surface area contributed by atoms with E-state index in [9.17, 15) is 28.1 Å². The lowest BCUT2D eigenvalue weighted by Gasteiger charge is -2.10. The molecule has 0 atom stereocenters. The Bertz CT molecular complexity index is 530. The second kappa shape index (κ2) is 4.96. The van der Waals surface area contributed by atoms with Crippen molar-refractivity contribution in [1.82, 2.24) is 4.98 Å². The molecule has 0 fully saturated rings. The topological polar surface area (TPSA) is 112 Å². The molecule has 1 N–H and O–H groups in total. The number of carboxylic acids is 1. The smallest absolute Gasteiger partial charge is 0.481 e. The van der Waals surface area contributed by atoms with Crippen molar-refractivity contribution in [3.8, 4) is 11.8 Å². The molecular weight excluding hydrogens is 277 g/mol. The van der Waals surface area contributed by atoms with Crippen LogP contribution in [-0.4, -0.2) is 34.5 Å². The second-order valence-corrected chi connectivity index (χ2v) is 2.98. The van der Waals surface area contributed by atoms with E-state index in [1.54, 1.807) is 0 Å². The van der Waals surface area contributed by atoms with Gasteiger partial charge in [-0.05, 0) is 0 Å². The maximum atomic E-state index is 12.1. The molecule has 0 aromatic carbocycles. The number of hydrogen-bond acceptors (Lipinski definition) is 6. The zero-order chi connectivity index (χ0) is 14.8. The summed E-state index contributed by atoms with van der Waals surface area (Å²) in [6.07, 6.45) is -5.26. The highest BCUT2D eigenvalue weighted by Crippen LogP contribution is 2.35. The quantitative estimate of drug-likeness (QED) is 0.659. The Balaban J connectivity index is 3.53. The Labute approximate surface area is 102 Å². The molecule has 8 nitrogen and oxygen atoms in total. The zero-order valence-corrected chi connectivity index (χ0v) is 9.09. The lowest BCUT2D eigenvalue weighted by Crippen LogP contribution is -2.20. The molecule has 0 unspecified atom stereocenters. The van der Waals surface area contributed by atoms with Crippen molar-refractivity contribution in [3.63, 3.8) is 0 Å². The number of aromatic carboxylic acids is 1. The van der Waals surface area contributed by atoms with Crippen LogP contribution in [-0.2, 0) is 0 Å². The Hall–Kier alpha value is -2.59. The largest absolute Gasteiger partial charge is 0.574 e. The third-order valence-electron chi connectivity index (χ3n) is 1.77. The Morgan fingerprint density at radius 2 is 2.11 bits per heavy atom. The van der Waals surface area contributed by atoms with E-state index in [1.807, 2.05) is 0 Å². The third-order valence-corrected chi connectivity index (χ3v) is 1.77. The third kappa shape index (κ3) is 3.43. The summed E-state index contributed by atoms with van der Waals surface area (Å²) in [5.74, 6) is -3.89. The molecule has 0 saturated carbocycles. The molecule has 1 heterocycles. The van der Waals surface area contributed by atoms with Crippen LogP contribution in [0.4, 0.5) is 18.9 Å². The van der Waals surface area contributed by atoms with Crippen molar-refractivity contribution >= 4 is 11.7 Å². The molecule has 104 valence electrons. The van der Waals surface area contributed by atoms with Crippen LogP contribution < -0.4 is 9.47 Å². The normalized spacial score (nSPS) is 10.9. The van der Waals surface area contributed by atoms with E-state index in [2.05, 4.69) is 14.5 Å². The monoisotopic (exact) mass is 282 g/mol. The SMILES string of the molecule is COc1cc(C(=O)O)c([N+](=O)[O-])c(OC(F)(F)F)n1. The first kappa shape index (κ1) is 14.5. The molecule has 11 heteroatoms. The maximum absolute atomic E-state index is 12.1. The zero-order valence-electron chi connectivity index (χ0n) is 9.09. The highest BCUT2D eigenvalue weighted by Gasteiger charge is 2.38. The van der Waals surface area contributed by atoms with Crippen molar-refractivity contribution in [2.75, 3.05) is 7.11 Å². The Kier molecular flexibility index (Phi) is 3.77. The first-order valence-electron chi connectivity index (χ1n) is 4.38. The summed E-state index contributed by atoms with van der Waals surface area (Å²) in [6, 6.07) is 0.615. The van der Waals surface area contributed by atoms with Gasteiger partial charge in [0.05, 0.1) is 12.0 Å². The van der Waals surface area contributed by atoms with Gasteiger partial charge in [-0.1, -0.05) is 0 Å². The van der Waals surface area contributed by atoms with Gasteiger partial charge in [-0.25, -0.2) is 4.79 Å². The van der Waals surface area contributed by atoms with E-state index in [-0.39, 0.29) is 0 Å². The fourth-order valence-corrected chi connectivity index (χ4v) is 1.12. The summed E-state index contributed by atoms with van der Waals surface area (Å²) in [5, 5.41) is 19.4. The number of hydrogen-bond donors (Lipinski definition) is 1. The molecule has 0 amide bonds. The maximum Gasteiger partial charge on any atom is 0.574 e. The molecule has 1 rings (SSSR count). The fourth-order valence-electron chi connectivity index (χ4n) is 1.12. The number of nitro groups is 1. The number of halogens is 3. The molecule has 0 radical (unpaired) electrons. The molecule has 0 aliphatic heterocycles.